The van der Waals surface area contributed by atoms with Crippen molar-refractivity contribution in [3.63, 3.8) is 0 Å². The molecular formula is C8H9N3O. The van der Waals surface area contributed by atoms with E-state index in [4.69, 9.17) is 0 Å². The lowest BCUT2D eigenvalue weighted by atomic mass is 10.3. The molecule has 0 saturated heterocycles. The van der Waals surface area contributed by atoms with Crippen LogP contribution in [0.2, 0.25) is 0 Å². The maximum Gasteiger partial charge on any atom is 0.252 e. The predicted octanol–water partition coefficient (Wildman–Crippen LogP) is 0.570. The summed E-state index contributed by atoms with van der Waals surface area (Å²) in [7, 11) is 1.85. The van der Waals surface area contributed by atoms with Crippen molar-refractivity contribution in [1.29, 1.82) is 0 Å². The van der Waals surface area contributed by atoms with Crippen LogP contribution in [0.1, 0.15) is 5.56 Å². The number of fused-ring (bicyclic) bond motifs is 1. The van der Waals surface area contributed by atoms with Gasteiger partial charge in [-0.25, -0.2) is 4.98 Å². The van der Waals surface area contributed by atoms with Crippen LogP contribution >= 0.6 is 0 Å². The molecule has 0 aliphatic rings. The van der Waals surface area contributed by atoms with E-state index < -0.39 is 0 Å². The number of hydrogen-bond donors (Lipinski definition) is 1. The van der Waals surface area contributed by atoms with Gasteiger partial charge in [0.2, 0.25) is 0 Å². The number of hydrogen-bond acceptors (Lipinski definition) is 2. The zero-order chi connectivity index (χ0) is 8.72. The van der Waals surface area contributed by atoms with Gasteiger partial charge in [0.15, 0.2) is 0 Å². The molecule has 12 heavy (non-hydrogen) atoms. The topological polar surface area (TPSA) is 50.7 Å². The molecule has 4 nitrogen and oxygen atoms in total. The molecule has 0 saturated carbocycles. The molecule has 0 fully saturated rings. The number of aromatic amines is 1. The highest BCUT2D eigenvalue weighted by atomic mass is 16.1. The van der Waals surface area contributed by atoms with E-state index in [0.717, 1.165) is 11.2 Å². The van der Waals surface area contributed by atoms with Gasteiger partial charge < -0.3 is 9.55 Å². The van der Waals surface area contributed by atoms with Crippen molar-refractivity contribution in [3.05, 3.63) is 28.3 Å². The van der Waals surface area contributed by atoms with E-state index in [9.17, 15) is 4.79 Å². The highest BCUT2D eigenvalue weighted by Crippen LogP contribution is 2.06. The van der Waals surface area contributed by atoms with E-state index in [1.54, 1.807) is 23.9 Å². The Morgan fingerprint density at radius 3 is 3.08 bits per heavy atom. The first-order valence-corrected chi connectivity index (χ1v) is 3.69. The summed E-state index contributed by atoms with van der Waals surface area (Å²) in [5, 5.41) is 0. The van der Waals surface area contributed by atoms with Gasteiger partial charge in [-0.15, -0.1) is 0 Å². The summed E-state index contributed by atoms with van der Waals surface area (Å²) in [6.07, 6.45) is 1.68. The quantitative estimate of drug-likeness (QED) is 0.617. The van der Waals surface area contributed by atoms with Crippen LogP contribution in [-0.2, 0) is 7.05 Å². The fraction of sp³-hybridized carbons (Fsp3) is 0.250. The van der Waals surface area contributed by atoms with Crippen LogP contribution in [0.15, 0.2) is 17.2 Å². The van der Waals surface area contributed by atoms with Gasteiger partial charge in [-0.05, 0) is 13.0 Å². The molecule has 62 valence electrons. The summed E-state index contributed by atoms with van der Waals surface area (Å²) in [5.41, 5.74) is 2.24. The third-order valence-corrected chi connectivity index (χ3v) is 1.91. The van der Waals surface area contributed by atoms with Gasteiger partial charge in [-0.3, -0.25) is 4.79 Å². The van der Waals surface area contributed by atoms with E-state index in [1.807, 2.05) is 7.05 Å². The molecule has 0 aliphatic carbocycles. The number of aryl methyl sites for hydroxylation is 2. The molecule has 2 aromatic rings. The van der Waals surface area contributed by atoms with E-state index in [2.05, 4.69) is 9.97 Å². The highest BCUT2D eigenvalue weighted by Gasteiger charge is 2.01. The highest BCUT2D eigenvalue weighted by molar-refractivity contribution is 5.70. The second-order valence-corrected chi connectivity index (χ2v) is 2.87. The zero-order valence-electron chi connectivity index (χ0n) is 6.96. The van der Waals surface area contributed by atoms with Crippen molar-refractivity contribution in [1.82, 2.24) is 14.5 Å². The number of nitrogens with one attached hydrogen (secondary N) is 1. The fourth-order valence-electron chi connectivity index (χ4n) is 1.18. The summed E-state index contributed by atoms with van der Waals surface area (Å²) >= 11 is 0. The lowest BCUT2D eigenvalue weighted by Crippen LogP contribution is -2.09. The smallest absolute Gasteiger partial charge is 0.252 e. The van der Waals surface area contributed by atoms with Gasteiger partial charge >= 0.3 is 0 Å². The number of rotatable bonds is 0. The van der Waals surface area contributed by atoms with Crippen LogP contribution in [0.5, 0.6) is 0 Å². The number of aromatic nitrogens is 3. The minimum absolute atomic E-state index is 0.0499. The molecule has 0 aromatic carbocycles. The van der Waals surface area contributed by atoms with E-state index in [1.165, 1.54) is 0 Å². The molecule has 0 atom stereocenters. The van der Waals surface area contributed by atoms with Crippen LogP contribution < -0.4 is 5.56 Å². The molecule has 2 aromatic heterocycles. The van der Waals surface area contributed by atoms with Crippen molar-refractivity contribution in [3.8, 4) is 0 Å². The molecule has 4 heteroatoms. The maximum atomic E-state index is 11.2. The summed E-state index contributed by atoms with van der Waals surface area (Å²) in [5.74, 6) is 0. The van der Waals surface area contributed by atoms with Crippen LogP contribution in [0.4, 0.5) is 0 Å². The summed E-state index contributed by atoms with van der Waals surface area (Å²) < 4.78 is 1.79. The second kappa shape index (κ2) is 2.20. The molecule has 0 amide bonds. The lowest BCUT2D eigenvalue weighted by molar-refractivity contribution is 0.926. The second-order valence-electron chi connectivity index (χ2n) is 2.87. The minimum Gasteiger partial charge on any atom is -0.320 e. The van der Waals surface area contributed by atoms with Crippen LogP contribution in [0, 0.1) is 6.92 Å². The fourth-order valence-corrected chi connectivity index (χ4v) is 1.18. The maximum absolute atomic E-state index is 11.2. The number of pyridine rings is 1. The van der Waals surface area contributed by atoms with Crippen LogP contribution in [0.3, 0.4) is 0 Å². The van der Waals surface area contributed by atoms with Crippen LogP contribution in [0.25, 0.3) is 11.2 Å². The Kier molecular flexibility index (Phi) is 1.30. The van der Waals surface area contributed by atoms with Crippen molar-refractivity contribution >= 4 is 11.2 Å². The Balaban J connectivity index is 2.97. The minimum atomic E-state index is -0.0499. The van der Waals surface area contributed by atoms with E-state index in [0.29, 0.717) is 5.56 Å². The van der Waals surface area contributed by atoms with Crippen molar-refractivity contribution in [2.45, 2.75) is 6.92 Å². The molecule has 0 aliphatic heterocycles. The average Bonchev–Trinajstić information content (AvgIpc) is 2.35. The zero-order valence-corrected chi connectivity index (χ0v) is 6.96. The third kappa shape index (κ3) is 0.845. The molecular weight excluding hydrogens is 154 g/mol. The first kappa shape index (κ1) is 7.09. The summed E-state index contributed by atoms with van der Waals surface area (Å²) in [6, 6.07) is 1.79. The molecule has 0 radical (unpaired) electrons. The Bertz CT molecular complexity index is 480. The first-order valence-electron chi connectivity index (χ1n) is 3.69. The van der Waals surface area contributed by atoms with Crippen LogP contribution in [-0.4, -0.2) is 14.5 Å². The monoisotopic (exact) mass is 163 g/mol. The number of nitrogens with zero attached hydrogens (tertiary/aromatic N) is 2. The van der Waals surface area contributed by atoms with Gasteiger partial charge in [0, 0.05) is 12.6 Å². The van der Waals surface area contributed by atoms with E-state index in [-0.39, 0.29) is 5.56 Å². The van der Waals surface area contributed by atoms with Crippen molar-refractivity contribution < 1.29 is 0 Å². The van der Waals surface area contributed by atoms with Crippen molar-refractivity contribution in [2.75, 3.05) is 0 Å². The van der Waals surface area contributed by atoms with Gasteiger partial charge in [-0.1, -0.05) is 0 Å². The standard InChI is InChI=1S/C8H9N3O/c1-5-3-6-7(10-8(5)12)11(2)4-9-6/h3-4H,1-2H3,(H,10,12). The van der Waals surface area contributed by atoms with Gasteiger partial charge in [0.25, 0.3) is 5.56 Å². The number of imidazole rings is 1. The summed E-state index contributed by atoms with van der Waals surface area (Å²) in [4.78, 5) is 18.1. The average molecular weight is 163 g/mol. The normalized spacial score (nSPS) is 10.8. The van der Waals surface area contributed by atoms with Crippen molar-refractivity contribution in [2.24, 2.45) is 7.05 Å². The Morgan fingerprint density at radius 1 is 1.58 bits per heavy atom. The SMILES string of the molecule is Cc1cc2ncn(C)c2[nH]c1=O. The first-order chi connectivity index (χ1) is 5.68. The molecule has 0 spiro atoms. The Hall–Kier alpha value is -1.58. The molecule has 2 heterocycles. The predicted molar refractivity (Wildman–Crippen MR) is 46.1 cm³/mol. The molecule has 1 N–H and O–H groups in total. The van der Waals surface area contributed by atoms with Gasteiger partial charge in [0.1, 0.15) is 11.2 Å². The molecule has 0 bridgehead atoms. The Morgan fingerprint density at radius 2 is 2.33 bits per heavy atom. The third-order valence-electron chi connectivity index (χ3n) is 1.91. The van der Waals surface area contributed by atoms with Gasteiger partial charge in [0.05, 0.1) is 6.33 Å². The summed E-state index contributed by atoms with van der Waals surface area (Å²) in [6.45, 7) is 1.77. The molecule has 0 unspecified atom stereocenters. The van der Waals surface area contributed by atoms with E-state index >= 15 is 0 Å². The number of H-pyrrole nitrogens is 1. The van der Waals surface area contributed by atoms with Gasteiger partial charge in [-0.2, -0.15) is 0 Å². The lowest BCUT2D eigenvalue weighted by Gasteiger charge is -1.94. The molecule has 2 rings (SSSR count). The Labute approximate surface area is 68.9 Å². The largest absolute Gasteiger partial charge is 0.320 e.